The molecule has 0 bridgehead atoms. The first-order valence-electron chi connectivity index (χ1n) is 24.3. The maximum Gasteiger partial charge on any atom is 0.0727 e. The van der Waals surface area contributed by atoms with E-state index in [0.29, 0.717) is 0 Å². The largest absolute Gasteiger partial charge is 0.310 e. The number of fused-ring (bicyclic) bond motifs is 13. The number of hydrogen-bond donors (Lipinski definition) is 0. The molecule has 14 rings (SSSR count). The van der Waals surface area contributed by atoms with Crippen LogP contribution in [-0.4, -0.2) is 0 Å². The minimum atomic E-state index is -0.591. The van der Waals surface area contributed by atoms with Gasteiger partial charge in [0.2, 0.25) is 0 Å². The SMILES string of the molecule is c1ccc(N(c2ccccc2)c2ccc3c(c2)C2(c4ccccc4-3)c3ccccc3-c3ccc(N(c4ccccc4)c4cccc5c4-c4ccccc4C5(c4ccccc4)c4ccccc4)cc32)cc1. The average Bonchev–Trinajstić information content (AvgIpc) is 4.03. The molecule has 0 heterocycles. The lowest BCUT2D eigenvalue weighted by Crippen LogP contribution is -2.28. The second-order valence-corrected chi connectivity index (χ2v) is 18.7. The van der Waals surface area contributed by atoms with E-state index in [4.69, 9.17) is 0 Å². The molecule has 3 aliphatic rings. The normalized spacial score (nSPS) is 15.0. The fourth-order valence-electron chi connectivity index (χ4n) is 12.7. The third-order valence-corrected chi connectivity index (χ3v) is 15.3. The molecule has 1 unspecified atom stereocenters. The number of benzene rings is 11. The lowest BCUT2D eigenvalue weighted by atomic mass is 9.68. The Morgan fingerprint density at radius 3 is 1.06 bits per heavy atom. The van der Waals surface area contributed by atoms with Gasteiger partial charge in [0.25, 0.3) is 0 Å². The molecular weight excluding hydrogens is 845 g/mol. The summed E-state index contributed by atoms with van der Waals surface area (Å²) in [5.41, 5.74) is 23.5. The second-order valence-electron chi connectivity index (χ2n) is 18.7. The molecule has 0 fully saturated rings. The van der Waals surface area contributed by atoms with E-state index in [0.717, 1.165) is 34.1 Å². The van der Waals surface area contributed by atoms with Gasteiger partial charge in [-0.2, -0.15) is 0 Å². The summed E-state index contributed by atoms with van der Waals surface area (Å²) in [6, 6.07) is 103. The van der Waals surface area contributed by atoms with Gasteiger partial charge < -0.3 is 9.80 Å². The molecule has 1 atom stereocenters. The number of rotatable bonds is 8. The van der Waals surface area contributed by atoms with E-state index in [-0.39, 0.29) is 0 Å². The van der Waals surface area contributed by atoms with Crippen LogP contribution in [0.5, 0.6) is 0 Å². The van der Waals surface area contributed by atoms with Crippen LogP contribution in [-0.2, 0) is 10.8 Å². The van der Waals surface area contributed by atoms with Crippen molar-refractivity contribution in [3.63, 3.8) is 0 Å². The minimum Gasteiger partial charge on any atom is -0.310 e. The molecule has 0 saturated carbocycles. The van der Waals surface area contributed by atoms with Crippen LogP contribution in [0, 0.1) is 0 Å². The van der Waals surface area contributed by atoms with E-state index in [1.165, 1.54) is 77.9 Å². The van der Waals surface area contributed by atoms with E-state index in [9.17, 15) is 0 Å². The topological polar surface area (TPSA) is 6.48 Å². The van der Waals surface area contributed by atoms with Gasteiger partial charge in [0.15, 0.2) is 0 Å². The van der Waals surface area contributed by atoms with Crippen molar-refractivity contribution in [3.8, 4) is 33.4 Å². The number of nitrogens with zero attached hydrogens (tertiary/aromatic N) is 2. The van der Waals surface area contributed by atoms with Crippen molar-refractivity contribution in [2.45, 2.75) is 10.8 Å². The van der Waals surface area contributed by atoms with Crippen molar-refractivity contribution < 1.29 is 0 Å². The third kappa shape index (κ3) is 5.62. The monoisotopic (exact) mass is 890 g/mol. The summed E-state index contributed by atoms with van der Waals surface area (Å²) < 4.78 is 0. The van der Waals surface area contributed by atoms with E-state index < -0.39 is 10.8 Å². The summed E-state index contributed by atoms with van der Waals surface area (Å²) in [4.78, 5) is 4.91. The van der Waals surface area contributed by atoms with E-state index in [2.05, 4.69) is 289 Å². The summed E-state index contributed by atoms with van der Waals surface area (Å²) in [5.74, 6) is 0. The zero-order valence-electron chi connectivity index (χ0n) is 38.5. The quantitative estimate of drug-likeness (QED) is 0.150. The van der Waals surface area contributed by atoms with Crippen LogP contribution in [0.25, 0.3) is 33.4 Å². The smallest absolute Gasteiger partial charge is 0.0727 e. The van der Waals surface area contributed by atoms with Crippen molar-refractivity contribution in [1.82, 2.24) is 0 Å². The lowest BCUT2D eigenvalue weighted by Gasteiger charge is -2.35. The number of hydrogen-bond acceptors (Lipinski definition) is 2. The zero-order valence-corrected chi connectivity index (χ0v) is 38.5. The fraction of sp³-hybridized carbons (Fsp3) is 0.0294. The molecule has 0 N–H and O–H groups in total. The highest BCUT2D eigenvalue weighted by Crippen LogP contribution is 2.65. The summed E-state index contributed by atoms with van der Waals surface area (Å²) in [6.45, 7) is 0. The van der Waals surface area contributed by atoms with Crippen molar-refractivity contribution in [1.29, 1.82) is 0 Å². The molecule has 0 saturated heterocycles. The third-order valence-electron chi connectivity index (χ3n) is 15.3. The average molecular weight is 891 g/mol. The predicted molar refractivity (Wildman–Crippen MR) is 289 cm³/mol. The summed E-state index contributed by atoms with van der Waals surface area (Å²) in [7, 11) is 0. The Balaban J connectivity index is 1.04. The summed E-state index contributed by atoms with van der Waals surface area (Å²) in [6.07, 6.45) is 0. The highest BCUT2D eigenvalue weighted by Gasteiger charge is 2.52. The molecule has 0 radical (unpaired) electrons. The number of para-hydroxylation sites is 3. The molecule has 0 amide bonds. The molecule has 11 aromatic carbocycles. The van der Waals surface area contributed by atoms with Gasteiger partial charge in [0.05, 0.1) is 16.5 Å². The van der Waals surface area contributed by atoms with Gasteiger partial charge in [-0.25, -0.2) is 0 Å². The summed E-state index contributed by atoms with van der Waals surface area (Å²) in [5, 5.41) is 0. The van der Waals surface area contributed by atoms with E-state index in [1.54, 1.807) is 0 Å². The molecular formula is C68H46N2. The molecule has 0 aromatic heterocycles. The maximum absolute atomic E-state index is 2.52. The molecule has 70 heavy (non-hydrogen) atoms. The Bertz CT molecular complexity index is 3680. The fourth-order valence-corrected chi connectivity index (χ4v) is 12.7. The molecule has 11 aromatic rings. The minimum absolute atomic E-state index is 0.529. The van der Waals surface area contributed by atoms with Gasteiger partial charge in [0, 0.05) is 34.0 Å². The van der Waals surface area contributed by atoms with Crippen molar-refractivity contribution in [3.05, 3.63) is 324 Å². The first kappa shape index (κ1) is 40.1. The maximum atomic E-state index is 2.52. The van der Waals surface area contributed by atoms with Crippen LogP contribution >= 0.6 is 0 Å². The van der Waals surface area contributed by atoms with Gasteiger partial charge in [-0.15, -0.1) is 0 Å². The van der Waals surface area contributed by atoms with Crippen LogP contribution in [0.4, 0.5) is 34.1 Å². The van der Waals surface area contributed by atoms with Crippen molar-refractivity contribution >= 4 is 34.1 Å². The summed E-state index contributed by atoms with van der Waals surface area (Å²) >= 11 is 0. The van der Waals surface area contributed by atoms with Crippen molar-refractivity contribution in [2.24, 2.45) is 0 Å². The van der Waals surface area contributed by atoms with E-state index in [1.807, 2.05) is 0 Å². The van der Waals surface area contributed by atoms with E-state index >= 15 is 0 Å². The highest BCUT2D eigenvalue weighted by atomic mass is 15.2. The van der Waals surface area contributed by atoms with Gasteiger partial charge >= 0.3 is 0 Å². The Morgan fingerprint density at radius 1 is 0.214 bits per heavy atom. The van der Waals surface area contributed by atoms with Crippen LogP contribution < -0.4 is 9.80 Å². The molecule has 2 nitrogen and oxygen atoms in total. The van der Waals surface area contributed by atoms with Crippen molar-refractivity contribution in [2.75, 3.05) is 9.80 Å². The predicted octanol–water partition coefficient (Wildman–Crippen LogP) is 17.3. The molecule has 2 heteroatoms. The van der Waals surface area contributed by atoms with Crippen LogP contribution in [0.15, 0.2) is 279 Å². The number of anilines is 6. The Hall–Kier alpha value is -8.98. The molecule has 1 spiro atoms. The molecule has 3 aliphatic carbocycles. The zero-order chi connectivity index (χ0) is 46.2. The first-order chi connectivity index (χ1) is 34.8. The Morgan fingerprint density at radius 2 is 0.571 bits per heavy atom. The van der Waals surface area contributed by atoms with Gasteiger partial charge in [-0.1, -0.05) is 212 Å². The van der Waals surface area contributed by atoms with Gasteiger partial charge in [-0.05, 0) is 139 Å². The Labute approximate surface area is 409 Å². The lowest BCUT2D eigenvalue weighted by molar-refractivity contribution is 0.768. The van der Waals surface area contributed by atoms with Gasteiger partial charge in [0.1, 0.15) is 0 Å². The van der Waals surface area contributed by atoms with Crippen LogP contribution in [0.2, 0.25) is 0 Å². The van der Waals surface area contributed by atoms with Crippen LogP contribution in [0.3, 0.4) is 0 Å². The highest BCUT2D eigenvalue weighted by molar-refractivity contribution is 6.00. The van der Waals surface area contributed by atoms with Gasteiger partial charge in [-0.3, -0.25) is 0 Å². The molecule has 328 valence electrons. The molecule has 0 aliphatic heterocycles. The second kappa shape index (κ2) is 15.8. The Kier molecular flexibility index (Phi) is 9.06. The first-order valence-corrected chi connectivity index (χ1v) is 24.3. The van der Waals surface area contributed by atoms with Crippen LogP contribution in [0.1, 0.15) is 44.5 Å². The standard InChI is InChI=1S/C68H46N2/c1-6-23-47(24-7-1)67(48-25-8-2-9-26-48)61-38-21-18-35-58(61)66-62(67)39-22-40-65(66)70(51-31-14-5-15-32-51)53-42-44-57-55-34-17-20-37-60(55)68(64(57)46-53)59-36-19-16-33-54(59)56-43-41-52(45-63(56)68)69(49-27-10-3-11-28-49)50-29-12-4-13-30-50/h1-46H.